The minimum Gasteiger partial charge on any atom is -0.495 e. The van der Waals surface area contributed by atoms with E-state index in [4.69, 9.17) is 10.00 Å². The van der Waals surface area contributed by atoms with Gasteiger partial charge in [0.1, 0.15) is 11.8 Å². The molecule has 0 spiro atoms. The average Bonchev–Trinajstić information content (AvgIpc) is 2.27. The normalized spacial score (nSPS) is 9.47. The van der Waals surface area contributed by atoms with Gasteiger partial charge in [-0.15, -0.1) is 0 Å². The smallest absolute Gasteiger partial charge is 0.173 e. The van der Waals surface area contributed by atoms with Gasteiger partial charge < -0.3 is 4.74 Å². The third kappa shape index (κ3) is 2.37. The molecule has 0 heterocycles. The molecule has 0 aliphatic heterocycles. The number of ketones is 1. The highest BCUT2D eigenvalue weighted by Crippen LogP contribution is 2.23. The van der Waals surface area contributed by atoms with Crippen LogP contribution in [0.25, 0.3) is 0 Å². The molecule has 0 N–H and O–H groups in total. The molecule has 3 nitrogen and oxygen atoms in total. The second-order valence-corrected chi connectivity index (χ2v) is 3.60. The maximum Gasteiger partial charge on any atom is 0.173 e. The average molecular weight is 268 g/mol. The van der Waals surface area contributed by atoms with Crippen LogP contribution >= 0.6 is 15.9 Å². The fourth-order valence-corrected chi connectivity index (χ4v) is 1.62. The maximum atomic E-state index is 11.5. The van der Waals surface area contributed by atoms with Crippen molar-refractivity contribution >= 4 is 21.7 Å². The number of hydrogen-bond acceptors (Lipinski definition) is 3. The van der Waals surface area contributed by atoms with Crippen LogP contribution in [0, 0.1) is 18.3 Å². The summed E-state index contributed by atoms with van der Waals surface area (Å²) in [6.07, 6.45) is 0. The summed E-state index contributed by atoms with van der Waals surface area (Å²) in [4.78, 5) is 11.5. The Morgan fingerprint density at radius 1 is 1.60 bits per heavy atom. The van der Waals surface area contributed by atoms with Gasteiger partial charge in [-0.2, -0.15) is 5.26 Å². The van der Waals surface area contributed by atoms with Crippen molar-refractivity contribution in [2.75, 3.05) is 12.4 Å². The van der Waals surface area contributed by atoms with E-state index in [1.165, 1.54) is 7.11 Å². The molecular formula is C11H10BrNO2. The first-order valence-corrected chi connectivity index (χ1v) is 5.44. The summed E-state index contributed by atoms with van der Waals surface area (Å²) < 4.78 is 5.04. The predicted molar refractivity (Wildman–Crippen MR) is 60.6 cm³/mol. The summed E-state index contributed by atoms with van der Waals surface area (Å²) in [5.74, 6) is 0.419. The zero-order valence-corrected chi connectivity index (χ0v) is 10.1. The van der Waals surface area contributed by atoms with Crippen LogP contribution in [0.15, 0.2) is 12.1 Å². The summed E-state index contributed by atoms with van der Waals surface area (Å²) >= 11 is 3.11. The molecule has 0 aliphatic rings. The van der Waals surface area contributed by atoms with Crippen molar-refractivity contribution in [2.24, 2.45) is 0 Å². The highest BCUT2D eigenvalue weighted by Gasteiger charge is 2.12. The molecule has 0 atom stereocenters. The van der Waals surface area contributed by atoms with Gasteiger partial charge in [-0.1, -0.05) is 15.9 Å². The highest BCUT2D eigenvalue weighted by atomic mass is 79.9. The van der Waals surface area contributed by atoms with Gasteiger partial charge in [-0.25, -0.2) is 0 Å². The first-order chi connectivity index (χ1) is 7.13. The zero-order valence-electron chi connectivity index (χ0n) is 8.50. The number of nitrogens with zero attached hydrogens (tertiary/aromatic N) is 1. The first kappa shape index (κ1) is 11.7. The number of methoxy groups -OCH3 is 1. The van der Waals surface area contributed by atoms with Crippen molar-refractivity contribution in [3.63, 3.8) is 0 Å². The van der Waals surface area contributed by atoms with Crippen molar-refractivity contribution in [3.8, 4) is 11.8 Å². The Balaban J connectivity index is 3.33. The fourth-order valence-electron chi connectivity index (χ4n) is 1.32. The molecule has 0 aliphatic carbocycles. The van der Waals surface area contributed by atoms with Crippen molar-refractivity contribution < 1.29 is 9.53 Å². The first-order valence-electron chi connectivity index (χ1n) is 4.32. The Bertz CT molecular complexity index is 435. The van der Waals surface area contributed by atoms with Crippen LogP contribution in [0.5, 0.6) is 5.75 Å². The Hall–Kier alpha value is -1.34. The maximum absolute atomic E-state index is 11.5. The third-order valence-corrected chi connectivity index (χ3v) is 2.60. The van der Waals surface area contributed by atoms with E-state index in [0.29, 0.717) is 16.9 Å². The van der Waals surface area contributed by atoms with Crippen molar-refractivity contribution in [1.29, 1.82) is 5.26 Å². The summed E-state index contributed by atoms with van der Waals surface area (Å²) in [7, 11) is 1.48. The van der Waals surface area contributed by atoms with Crippen LogP contribution in [0.3, 0.4) is 0 Å². The van der Waals surface area contributed by atoms with Gasteiger partial charge in [0.05, 0.1) is 18.0 Å². The van der Waals surface area contributed by atoms with E-state index < -0.39 is 0 Å². The summed E-state index contributed by atoms with van der Waals surface area (Å²) in [6.45, 7) is 1.80. The number of hydrogen-bond donors (Lipinski definition) is 0. The van der Waals surface area contributed by atoms with Crippen molar-refractivity contribution in [3.05, 3.63) is 28.8 Å². The molecule has 1 aromatic carbocycles. The van der Waals surface area contributed by atoms with Gasteiger partial charge in [0.25, 0.3) is 0 Å². The minimum atomic E-state index is -0.0183. The van der Waals surface area contributed by atoms with Gasteiger partial charge in [-0.3, -0.25) is 4.79 Å². The Kier molecular flexibility index (Phi) is 3.87. The van der Waals surface area contributed by atoms with Gasteiger partial charge in [0.15, 0.2) is 5.78 Å². The van der Waals surface area contributed by atoms with Crippen LogP contribution < -0.4 is 4.74 Å². The molecule has 0 saturated carbocycles. The van der Waals surface area contributed by atoms with Crippen LogP contribution in [-0.4, -0.2) is 18.2 Å². The number of ether oxygens (including phenoxy) is 1. The summed E-state index contributed by atoms with van der Waals surface area (Å²) in [5.41, 5.74) is 1.82. The van der Waals surface area contributed by atoms with Crippen LogP contribution in [0.2, 0.25) is 0 Å². The number of aryl methyl sites for hydroxylation is 1. The van der Waals surface area contributed by atoms with Crippen LogP contribution in [-0.2, 0) is 0 Å². The largest absolute Gasteiger partial charge is 0.495 e. The van der Waals surface area contributed by atoms with Gasteiger partial charge in [0.2, 0.25) is 0 Å². The topological polar surface area (TPSA) is 50.1 Å². The summed E-state index contributed by atoms with van der Waals surface area (Å²) in [5, 5.41) is 9.10. The lowest BCUT2D eigenvalue weighted by molar-refractivity contribution is 0.102. The number of rotatable bonds is 3. The van der Waals surface area contributed by atoms with E-state index in [9.17, 15) is 4.79 Å². The van der Waals surface area contributed by atoms with E-state index in [2.05, 4.69) is 15.9 Å². The van der Waals surface area contributed by atoms with Crippen molar-refractivity contribution in [2.45, 2.75) is 6.92 Å². The number of carbonyl (C=O) groups is 1. The second kappa shape index (κ2) is 4.94. The molecule has 1 aromatic rings. The van der Waals surface area contributed by atoms with E-state index in [-0.39, 0.29) is 11.1 Å². The molecule has 0 fully saturated rings. The minimum absolute atomic E-state index is 0.0183. The quantitative estimate of drug-likeness (QED) is 0.625. The number of alkyl halides is 1. The lowest BCUT2D eigenvalue weighted by Gasteiger charge is -2.08. The molecule has 0 bridgehead atoms. The van der Waals surface area contributed by atoms with E-state index in [1.807, 2.05) is 6.07 Å². The monoisotopic (exact) mass is 267 g/mol. The highest BCUT2D eigenvalue weighted by molar-refractivity contribution is 9.09. The standard InChI is InChI=1S/C11H10BrNO2/c1-7-3-8(6-13)11(15-2)4-9(7)10(14)5-12/h3-4H,5H2,1-2H3. The number of Topliss-reactive ketones (excluding diaryl/α,β-unsaturated/α-hetero) is 1. The Morgan fingerprint density at radius 3 is 2.73 bits per heavy atom. The zero-order chi connectivity index (χ0) is 11.4. The molecule has 0 unspecified atom stereocenters. The third-order valence-electron chi connectivity index (χ3n) is 2.09. The second-order valence-electron chi connectivity index (χ2n) is 3.04. The van der Waals surface area contributed by atoms with E-state index in [1.54, 1.807) is 19.1 Å². The molecular weight excluding hydrogens is 258 g/mol. The number of carbonyl (C=O) groups excluding carboxylic acids is 1. The van der Waals surface area contributed by atoms with E-state index in [0.717, 1.165) is 5.56 Å². The van der Waals surface area contributed by atoms with Gasteiger partial charge >= 0.3 is 0 Å². The lowest BCUT2D eigenvalue weighted by Crippen LogP contribution is -2.04. The molecule has 78 valence electrons. The summed E-state index contributed by atoms with van der Waals surface area (Å²) in [6, 6.07) is 5.29. The Labute approximate surface area is 96.8 Å². The van der Waals surface area contributed by atoms with Gasteiger partial charge in [0, 0.05) is 5.56 Å². The SMILES string of the molecule is COc1cc(C(=O)CBr)c(C)cc1C#N. The van der Waals surface area contributed by atoms with Crippen LogP contribution in [0.4, 0.5) is 0 Å². The van der Waals surface area contributed by atoms with Gasteiger partial charge in [-0.05, 0) is 24.6 Å². The predicted octanol–water partition coefficient (Wildman–Crippen LogP) is 2.45. The molecule has 0 radical (unpaired) electrons. The Morgan fingerprint density at radius 2 is 2.27 bits per heavy atom. The number of halogens is 1. The molecule has 4 heteroatoms. The molecule has 0 aromatic heterocycles. The number of nitriles is 1. The molecule has 1 rings (SSSR count). The lowest BCUT2D eigenvalue weighted by atomic mass is 10.0. The fraction of sp³-hybridized carbons (Fsp3) is 0.273. The van der Waals surface area contributed by atoms with E-state index >= 15 is 0 Å². The molecule has 15 heavy (non-hydrogen) atoms. The molecule has 0 saturated heterocycles. The molecule has 0 amide bonds. The van der Waals surface area contributed by atoms with Crippen molar-refractivity contribution in [1.82, 2.24) is 0 Å². The number of benzene rings is 1. The van der Waals surface area contributed by atoms with Crippen LogP contribution in [0.1, 0.15) is 21.5 Å².